The van der Waals surface area contributed by atoms with Gasteiger partial charge in [0.25, 0.3) is 5.91 Å². The Hall–Kier alpha value is -2.61. The van der Waals surface area contributed by atoms with Gasteiger partial charge in [-0.25, -0.2) is 8.78 Å². The maximum atomic E-state index is 13.2. The van der Waals surface area contributed by atoms with Crippen LogP contribution < -0.4 is 5.32 Å². The molecule has 0 aliphatic rings. The minimum atomic E-state index is -0.993. The van der Waals surface area contributed by atoms with Gasteiger partial charge in [-0.1, -0.05) is 11.2 Å². The standard InChI is InChI=1S/C15H11F2N3O2S/c1-8(18-14(21)12-3-2-6-23-12)15-19-13(20-22-15)9-4-5-10(16)11(17)7-9/h2-8H,1H3,(H,18,21)/t8-/m1/s1. The van der Waals surface area contributed by atoms with E-state index < -0.39 is 17.7 Å². The van der Waals surface area contributed by atoms with Crippen LogP contribution >= 0.6 is 11.3 Å². The van der Waals surface area contributed by atoms with E-state index in [4.69, 9.17) is 4.52 Å². The number of thiophene rings is 1. The summed E-state index contributed by atoms with van der Waals surface area (Å²) in [4.78, 5) is 16.6. The van der Waals surface area contributed by atoms with Gasteiger partial charge < -0.3 is 9.84 Å². The number of nitrogens with zero attached hydrogens (tertiary/aromatic N) is 2. The lowest BCUT2D eigenvalue weighted by molar-refractivity contribution is 0.0936. The molecule has 0 aliphatic carbocycles. The molecule has 1 amide bonds. The van der Waals surface area contributed by atoms with Crippen molar-refractivity contribution in [3.63, 3.8) is 0 Å². The van der Waals surface area contributed by atoms with Crippen LogP contribution in [0.5, 0.6) is 0 Å². The molecule has 0 radical (unpaired) electrons. The second-order valence-corrected chi connectivity index (χ2v) is 5.71. The van der Waals surface area contributed by atoms with Crippen molar-refractivity contribution in [1.82, 2.24) is 15.5 Å². The number of rotatable bonds is 4. The number of hydrogen-bond donors (Lipinski definition) is 1. The minimum Gasteiger partial charge on any atom is -0.340 e. The highest BCUT2D eigenvalue weighted by Crippen LogP contribution is 2.21. The molecule has 23 heavy (non-hydrogen) atoms. The Balaban J connectivity index is 1.75. The zero-order chi connectivity index (χ0) is 16.4. The highest BCUT2D eigenvalue weighted by atomic mass is 32.1. The van der Waals surface area contributed by atoms with Gasteiger partial charge >= 0.3 is 0 Å². The lowest BCUT2D eigenvalue weighted by Gasteiger charge is -2.07. The lowest BCUT2D eigenvalue weighted by Crippen LogP contribution is -2.26. The zero-order valence-electron chi connectivity index (χ0n) is 11.9. The summed E-state index contributed by atoms with van der Waals surface area (Å²) >= 11 is 1.32. The van der Waals surface area contributed by atoms with Gasteiger partial charge in [0.1, 0.15) is 6.04 Å². The van der Waals surface area contributed by atoms with E-state index in [9.17, 15) is 13.6 Å². The summed E-state index contributed by atoms with van der Waals surface area (Å²) in [6.07, 6.45) is 0. The molecule has 0 saturated heterocycles. The summed E-state index contributed by atoms with van der Waals surface area (Å²) in [5.74, 6) is -1.90. The van der Waals surface area contributed by atoms with Gasteiger partial charge in [-0.3, -0.25) is 4.79 Å². The molecular weight excluding hydrogens is 324 g/mol. The van der Waals surface area contributed by atoms with E-state index in [2.05, 4.69) is 15.5 Å². The van der Waals surface area contributed by atoms with E-state index in [1.54, 1.807) is 24.4 Å². The maximum Gasteiger partial charge on any atom is 0.261 e. The molecule has 1 N–H and O–H groups in total. The number of benzene rings is 1. The van der Waals surface area contributed by atoms with Crippen molar-refractivity contribution < 1.29 is 18.1 Å². The lowest BCUT2D eigenvalue weighted by atomic mass is 10.2. The van der Waals surface area contributed by atoms with Gasteiger partial charge in [-0.2, -0.15) is 4.98 Å². The summed E-state index contributed by atoms with van der Waals surface area (Å²) in [6, 6.07) is 6.28. The van der Waals surface area contributed by atoms with Gasteiger partial charge in [0.15, 0.2) is 11.6 Å². The molecule has 3 aromatic rings. The first kappa shape index (κ1) is 15.3. The molecule has 2 heterocycles. The number of nitrogens with one attached hydrogen (secondary N) is 1. The molecule has 118 valence electrons. The normalized spacial score (nSPS) is 12.1. The minimum absolute atomic E-state index is 0.121. The van der Waals surface area contributed by atoms with Crippen LogP contribution in [0.4, 0.5) is 8.78 Å². The fraction of sp³-hybridized carbons (Fsp3) is 0.133. The van der Waals surface area contributed by atoms with E-state index in [-0.39, 0.29) is 23.2 Å². The zero-order valence-corrected chi connectivity index (χ0v) is 12.7. The number of carbonyl (C=O) groups is 1. The monoisotopic (exact) mass is 335 g/mol. The average Bonchev–Trinajstić information content (AvgIpc) is 3.21. The van der Waals surface area contributed by atoms with Crippen molar-refractivity contribution in [3.8, 4) is 11.4 Å². The van der Waals surface area contributed by atoms with Gasteiger partial charge in [0.05, 0.1) is 4.88 Å². The summed E-state index contributed by atoms with van der Waals surface area (Å²) in [6.45, 7) is 1.69. The van der Waals surface area contributed by atoms with Crippen LogP contribution in [-0.2, 0) is 0 Å². The van der Waals surface area contributed by atoms with Crippen molar-refractivity contribution >= 4 is 17.2 Å². The molecule has 0 unspecified atom stereocenters. The summed E-state index contributed by atoms with van der Waals surface area (Å²) in [5, 5.41) is 8.25. The first-order valence-corrected chi connectivity index (χ1v) is 7.56. The molecule has 5 nitrogen and oxygen atoms in total. The molecule has 3 rings (SSSR count). The smallest absolute Gasteiger partial charge is 0.261 e. The van der Waals surface area contributed by atoms with Crippen LogP contribution in [0.2, 0.25) is 0 Å². The Morgan fingerprint density at radius 2 is 2.13 bits per heavy atom. The number of hydrogen-bond acceptors (Lipinski definition) is 5. The molecule has 1 atom stereocenters. The van der Waals surface area contributed by atoms with E-state index in [1.807, 2.05) is 0 Å². The van der Waals surface area contributed by atoms with E-state index in [0.717, 1.165) is 12.1 Å². The van der Waals surface area contributed by atoms with Crippen LogP contribution in [0, 0.1) is 11.6 Å². The highest BCUT2D eigenvalue weighted by molar-refractivity contribution is 7.12. The first-order valence-electron chi connectivity index (χ1n) is 6.68. The molecule has 1 aromatic carbocycles. The third-order valence-corrected chi connectivity index (χ3v) is 3.95. The maximum absolute atomic E-state index is 13.2. The molecule has 0 saturated carbocycles. The highest BCUT2D eigenvalue weighted by Gasteiger charge is 2.19. The van der Waals surface area contributed by atoms with E-state index in [1.165, 1.54) is 17.4 Å². The second-order valence-electron chi connectivity index (χ2n) is 4.76. The number of halogens is 2. The van der Waals surface area contributed by atoms with E-state index >= 15 is 0 Å². The number of carbonyl (C=O) groups excluding carboxylic acids is 1. The summed E-state index contributed by atoms with van der Waals surface area (Å²) in [5.41, 5.74) is 0.288. The SMILES string of the molecule is C[C@@H](NC(=O)c1cccs1)c1nc(-c2ccc(F)c(F)c2)no1. The third kappa shape index (κ3) is 3.26. The Labute approximate surface area is 134 Å². The fourth-order valence-corrected chi connectivity index (χ4v) is 2.53. The van der Waals surface area contributed by atoms with Crippen molar-refractivity contribution in [3.05, 3.63) is 58.1 Å². The predicted octanol–water partition coefficient (Wildman–Crippen LogP) is 3.57. The number of amides is 1. The van der Waals surface area contributed by atoms with Crippen LogP contribution in [-0.4, -0.2) is 16.0 Å². The molecule has 2 aromatic heterocycles. The van der Waals surface area contributed by atoms with Crippen molar-refractivity contribution in [2.24, 2.45) is 0 Å². The van der Waals surface area contributed by atoms with Crippen LogP contribution in [0.15, 0.2) is 40.2 Å². The Bertz CT molecular complexity index is 833. The summed E-state index contributed by atoms with van der Waals surface area (Å²) in [7, 11) is 0. The van der Waals surface area contributed by atoms with E-state index in [0.29, 0.717) is 4.88 Å². The van der Waals surface area contributed by atoms with Crippen LogP contribution in [0.3, 0.4) is 0 Å². The van der Waals surface area contributed by atoms with Gasteiger partial charge in [-0.05, 0) is 36.6 Å². The molecule has 0 fully saturated rings. The third-order valence-electron chi connectivity index (χ3n) is 3.08. The Morgan fingerprint density at radius 3 is 2.83 bits per heavy atom. The van der Waals surface area contributed by atoms with Gasteiger partial charge in [0, 0.05) is 5.56 Å². The van der Waals surface area contributed by atoms with Crippen LogP contribution in [0.1, 0.15) is 28.5 Å². The topological polar surface area (TPSA) is 68.0 Å². The van der Waals surface area contributed by atoms with Gasteiger partial charge in [-0.15, -0.1) is 11.3 Å². The number of aromatic nitrogens is 2. The van der Waals surface area contributed by atoms with Crippen molar-refractivity contribution in [2.75, 3.05) is 0 Å². The molecular formula is C15H11F2N3O2S. The summed E-state index contributed by atoms with van der Waals surface area (Å²) < 4.78 is 31.3. The largest absolute Gasteiger partial charge is 0.340 e. The fourth-order valence-electron chi connectivity index (χ4n) is 1.90. The quantitative estimate of drug-likeness (QED) is 0.791. The Kier molecular flexibility index (Phi) is 4.16. The van der Waals surface area contributed by atoms with Crippen LogP contribution in [0.25, 0.3) is 11.4 Å². The average molecular weight is 335 g/mol. The van der Waals surface area contributed by atoms with Crippen molar-refractivity contribution in [2.45, 2.75) is 13.0 Å². The molecule has 0 bridgehead atoms. The van der Waals surface area contributed by atoms with Crippen molar-refractivity contribution in [1.29, 1.82) is 0 Å². The first-order chi connectivity index (χ1) is 11.0. The Morgan fingerprint density at radius 1 is 1.30 bits per heavy atom. The van der Waals surface area contributed by atoms with Gasteiger partial charge in [0.2, 0.25) is 11.7 Å². The second kappa shape index (κ2) is 6.25. The molecule has 8 heteroatoms. The molecule has 0 spiro atoms. The predicted molar refractivity (Wildman–Crippen MR) is 79.9 cm³/mol. The molecule has 0 aliphatic heterocycles.